The number of hydrogen-bond acceptors (Lipinski definition) is 5. The topological polar surface area (TPSA) is 64.0 Å². The van der Waals surface area contributed by atoms with E-state index in [9.17, 15) is 8.42 Å². The summed E-state index contributed by atoms with van der Waals surface area (Å²) in [5.41, 5.74) is 1.78. The van der Waals surface area contributed by atoms with E-state index in [0.29, 0.717) is 17.3 Å². The van der Waals surface area contributed by atoms with Crippen LogP contribution in [0.15, 0.2) is 27.9 Å². The SMILES string of the molecule is O=S(=O)(c1cccs1)n1cc2c(n1)CNC2. The zero-order valence-corrected chi connectivity index (χ0v) is 9.88. The van der Waals surface area contributed by atoms with Gasteiger partial charge < -0.3 is 5.32 Å². The second-order valence-corrected chi connectivity index (χ2v) is 6.48. The van der Waals surface area contributed by atoms with Crippen LogP contribution in [0.2, 0.25) is 0 Å². The van der Waals surface area contributed by atoms with Crippen molar-refractivity contribution in [2.75, 3.05) is 0 Å². The molecule has 3 rings (SSSR count). The van der Waals surface area contributed by atoms with E-state index in [0.717, 1.165) is 15.3 Å². The molecule has 2 aromatic rings. The highest BCUT2D eigenvalue weighted by Crippen LogP contribution is 2.21. The molecule has 0 aliphatic carbocycles. The third-order valence-corrected chi connectivity index (χ3v) is 5.37. The van der Waals surface area contributed by atoms with E-state index >= 15 is 0 Å². The number of hydrogen-bond donors (Lipinski definition) is 1. The summed E-state index contributed by atoms with van der Waals surface area (Å²) in [6.45, 7) is 1.33. The van der Waals surface area contributed by atoms with Gasteiger partial charge in [0.15, 0.2) is 0 Å². The van der Waals surface area contributed by atoms with Crippen molar-refractivity contribution in [1.82, 2.24) is 14.5 Å². The molecule has 7 heteroatoms. The van der Waals surface area contributed by atoms with Gasteiger partial charge in [-0.2, -0.15) is 17.6 Å². The fourth-order valence-electron chi connectivity index (χ4n) is 1.66. The van der Waals surface area contributed by atoms with Gasteiger partial charge >= 0.3 is 0 Å². The van der Waals surface area contributed by atoms with Crippen molar-refractivity contribution in [1.29, 1.82) is 0 Å². The van der Waals surface area contributed by atoms with Gasteiger partial charge in [0.1, 0.15) is 4.21 Å². The predicted molar refractivity (Wildman–Crippen MR) is 59.7 cm³/mol. The highest BCUT2D eigenvalue weighted by molar-refractivity contribution is 7.91. The van der Waals surface area contributed by atoms with E-state index in [4.69, 9.17) is 0 Å². The van der Waals surface area contributed by atoms with Gasteiger partial charge in [-0.15, -0.1) is 11.3 Å². The Morgan fingerprint density at radius 2 is 2.31 bits per heavy atom. The number of fused-ring (bicyclic) bond motifs is 1. The Hall–Kier alpha value is -1.18. The molecule has 0 saturated carbocycles. The first-order chi connectivity index (χ1) is 7.68. The van der Waals surface area contributed by atoms with Crippen molar-refractivity contribution < 1.29 is 8.42 Å². The molecular weight excluding hydrogens is 246 g/mol. The van der Waals surface area contributed by atoms with Crippen LogP contribution >= 0.6 is 11.3 Å². The highest BCUT2D eigenvalue weighted by atomic mass is 32.2. The van der Waals surface area contributed by atoms with E-state index in [1.54, 1.807) is 23.7 Å². The molecule has 0 atom stereocenters. The van der Waals surface area contributed by atoms with E-state index in [1.165, 1.54) is 11.3 Å². The molecule has 0 bridgehead atoms. The van der Waals surface area contributed by atoms with Crippen LogP contribution in [0.4, 0.5) is 0 Å². The zero-order chi connectivity index (χ0) is 11.2. The Labute approximate surface area is 96.8 Å². The van der Waals surface area contributed by atoms with Crippen LogP contribution < -0.4 is 5.32 Å². The van der Waals surface area contributed by atoms with Crippen LogP contribution in [-0.2, 0) is 23.1 Å². The standard InChI is InChI=1S/C9H9N3O2S2/c13-16(14,9-2-1-3-15-9)12-6-7-4-10-5-8(7)11-12/h1-3,6,10H,4-5H2. The predicted octanol–water partition coefficient (Wildman–Crippen LogP) is 0.785. The zero-order valence-electron chi connectivity index (χ0n) is 8.25. The Kier molecular flexibility index (Phi) is 2.13. The molecule has 0 radical (unpaired) electrons. The number of aromatic nitrogens is 2. The van der Waals surface area contributed by atoms with Gasteiger partial charge in [0, 0.05) is 24.8 Å². The third kappa shape index (κ3) is 1.40. The Balaban J connectivity index is 2.10. The fourth-order valence-corrected chi connectivity index (χ4v) is 3.90. The van der Waals surface area contributed by atoms with Crippen LogP contribution in [0.5, 0.6) is 0 Å². The summed E-state index contributed by atoms with van der Waals surface area (Å²) in [4.78, 5) is 0. The minimum Gasteiger partial charge on any atom is -0.307 e. The van der Waals surface area contributed by atoms with Gasteiger partial charge in [0.2, 0.25) is 0 Å². The van der Waals surface area contributed by atoms with Crippen molar-refractivity contribution >= 4 is 21.4 Å². The molecule has 0 amide bonds. The smallest absolute Gasteiger partial charge is 0.292 e. The second kappa shape index (κ2) is 3.41. The summed E-state index contributed by atoms with van der Waals surface area (Å²) in [5, 5.41) is 8.95. The van der Waals surface area contributed by atoms with Crippen molar-refractivity contribution in [3.8, 4) is 0 Å². The molecule has 0 spiro atoms. The van der Waals surface area contributed by atoms with E-state index < -0.39 is 10.0 Å². The maximum absolute atomic E-state index is 12.1. The van der Waals surface area contributed by atoms with Crippen LogP contribution in [0.1, 0.15) is 11.3 Å². The lowest BCUT2D eigenvalue weighted by Gasteiger charge is -2.01. The molecule has 3 heterocycles. The van der Waals surface area contributed by atoms with Gasteiger partial charge in [-0.3, -0.25) is 0 Å². The molecule has 84 valence electrons. The normalized spacial score (nSPS) is 15.2. The molecule has 5 nitrogen and oxygen atoms in total. The van der Waals surface area contributed by atoms with Crippen molar-refractivity contribution in [2.45, 2.75) is 17.3 Å². The monoisotopic (exact) mass is 255 g/mol. The minimum atomic E-state index is -3.48. The van der Waals surface area contributed by atoms with Gasteiger partial charge in [-0.1, -0.05) is 6.07 Å². The average Bonchev–Trinajstić information content (AvgIpc) is 2.94. The molecule has 0 fully saturated rings. The Morgan fingerprint density at radius 3 is 3.00 bits per heavy atom. The lowest BCUT2D eigenvalue weighted by atomic mass is 10.3. The molecule has 16 heavy (non-hydrogen) atoms. The van der Waals surface area contributed by atoms with E-state index in [1.807, 2.05) is 0 Å². The van der Waals surface area contributed by atoms with E-state index in [-0.39, 0.29) is 0 Å². The lowest BCUT2D eigenvalue weighted by molar-refractivity contribution is 0.580. The highest BCUT2D eigenvalue weighted by Gasteiger charge is 2.23. The first kappa shape index (κ1) is 10.0. The molecule has 1 aliphatic rings. The Morgan fingerprint density at radius 1 is 1.44 bits per heavy atom. The molecule has 1 N–H and O–H groups in total. The summed E-state index contributed by atoms with van der Waals surface area (Å²) in [5.74, 6) is 0. The number of rotatable bonds is 2. The maximum atomic E-state index is 12.1. The first-order valence-corrected chi connectivity index (χ1v) is 7.07. The molecule has 0 unspecified atom stereocenters. The Bertz CT molecular complexity index is 592. The lowest BCUT2D eigenvalue weighted by Crippen LogP contribution is -2.14. The van der Waals surface area contributed by atoms with Crippen molar-refractivity contribution in [3.05, 3.63) is 35.0 Å². The molecular formula is C9H9N3O2S2. The van der Waals surface area contributed by atoms with Crippen LogP contribution in [-0.4, -0.2) is 17.6 Å². The second-order valence-electron chi connectivity index (χ2n) is 3.51. The quantitative estimate of drug-likeness (QED) is 0.861. The summed E-state index contributed by atoms with van der Waals surface area (Å²) in [6.07, 6.45) is 1.59. The van der Waals surface area contributed by atoms with Crippen LogP contribution in [0.25, 0.3) is 0 Å². The number of nitrogens with zero attached hydrogens (tertiary/aromatic N) is 2. The molecule has 2 aromatic heterocycles. The minimum absolute atomic E-state index is 0.321. The molecule has 0 saturated heterocycles. The summed E-state index contributed by atoms with van der Waals surface area (Å²) in [7, 11) is -3.48. The van der Waals surface area contributed by atoms with Crippen LogP contribution in [0.3, 0.4) is 0 Å². The number of thiophene rings is 1. The van der Waals surface area contributed by atoms with Gasteiger partial charge in [-0.05, 0) is 11.4 Å². The van der Waals surface area contributed by atoms with Crippen molar-refractivity contribution in [3.63, 3.8) is 0 Å². The van der Waals surface area contributed by atoms with Gasteiger partial charge in [0.05, 0.1) is 5.69 Å². The third-order valence-electron chi connectivity index (χ3n) is 2.46. The summed E-state index contributed by atoms with van der Waals surface area (Å²) in [6, 6.07) is 3.31. The fraction of sp³-hybridized carbons (Fsp3) is 0.222. The van der Waals surface area contributed by atoms with Gasteiger partial charge in [-0.25, -0.2) is 0 Å². The van der Waals surface area contributed by atoms with E-state index in [2.05, 4.69) is 10.4 Å². The van der Waals surface area contributed by atoms with Crippen molar-refractivity contribution in [2.24, 2.45) is 0 Å². The largest absolute Gasteiger partial charge is 0.307 e. The number of nitrogens with one attached hydrogen (secondary N) is 1. The van der Waals surface area contributed by atoms with Crippen LogP contribution in [0, 0.1) is 0 Å². The molecule has 1 aliphatic heterocycles. The molecule has 0 aromatic carbocycles. The maximum Gasteiger partial charge on any atom is 0.292 e. The average molecular weight is 255 g/mol. The first-order valence-electron chi connectivity index (χ1n) is 4.75. The summed E-state index contributed by atoms with van der Waals surface area (Å²) < 4.78 is 25.6. The van der Waals surface area contributed by atoms with Gasteiger partial charge in [0.25, 0.3) is 10.0 Å². The summed E-state index contributed by atoms with van der Waals surface area (Å²) >= 11 is 1.20.